The number of aromatic amines is 1. The van der Waals surface area contributed by atoms with Gasteiger partial charge in [0.1, 0.15) is 5.75 Å². The lowest BCUT2D eigenvalue weighted by Gasteiger charge is -2.17. The number of carbonyl (C=O) groups is 1. The van der Waals surface area contributed by atoms with Crippen LogP contribution in [-0.4, -0.2) is 47.2 Å². The van der Waals surface area contributed by atoms with E-state index in [1.807, 2.05) is 29.3 Å². The highest BCUT2D eigenvalue weighted by Gasteiger charge is 2.33. The summed E-state index contributed by atoms with van der Waals surface area (Å²) in [7, 11) is 1.66. The van der Waals surface area contributed by atoms with Gasteiger partial charge in [0, 0.05) is 37.7 Å². The van der Waals surface area contributed by atoms with E-state index in [0.29, 0.717) is 19.5 Å². The lowest BCUT2D eigenvalue weighted by atomic mass is 9.95. The van der Waals surface area contributed by atoms with Gasteiger partial charge in [0.15, 0.2) is 0 Å². The van der Waals surface area contributed by atoms with Crippen LogP contribution in [-0.2, 0) is 11.2 Å². The monoisotopic (exact) mass is 328 g/mol. The van der Waals surface area contributed by atoms with Gasteiger partial charge in [-0.25, -0.2) is 0 Å². The highest BCUT2D eigenvalue weighted by atomic mass is 16.5. The molecule has 128 valence electrons. The van der Waals surface area contributed by atoms with Gasteiger partial charge in [0.2, 0.25) is 5.91 Å². The summed E-state index contributed by atoms with van der Waals surface area (Å²) >= 11 is 0. The van der Waals surface area contributed by atoms with Crippen molar-refractivity contribution in [1.82, 2.24) is 15.1 Å². The summed E-state index contributed by atoms with van der Waals surface area (Å²) in [5.41, 5.74) is 8.56. The fraction of sp³-hybridized carbons (Fsp3) is 0.444. The number of carbonyl (C=O) groups excluding carboxylic acids is 1. The standard InChI is InChI=1S/C18H24N4O2/c1-24-15-6-3-5-14(8-15)16-11-22(12-17(16)19)18(23)7-2-4-13-9-20-21-10-13/h3,5-6,8-10,16-17H,2,4,7,11-12,19H2,1H3,(H,20,21)/t16-,17+/m0/s1. The molecule has 0 spiro atoms. The molecule has 1 amide bonds. The molecular formula is C18H24N4O2. The van der Waals surface area contributed by atoms with Crippen molar-refractivity contribution < 1.29 is 9.53 Å². The molecule has 0 aliphatic carbocycles. The summed E-state index contributed by atoms with van der Waals surface area (Å²) in [6.45, 7) is 1.30. The summed E-state index contributed by atoms with van der Waals surface area (Å²) in [5.74, 6) is 1.17. The highest BCUT2D eigenvalue weighted by Crippen LogP contribution is 2.29. The summed E-state index contributed by atoms with van der Waals surface area (Å²) in [5, 5.41) is 6.71. The quantitative estimate of drug-likeness (QED) is 0.845. The second-order valence-corrected chi connectivity index (χ2v) is 6.31. The highest BCUT2D eigenvalue weighted by molar-refractivity contribution is 5.76. The molecule has 3 rings (SSSR count). The molecule has 1 saturated heterocycles. The van der Waals surface area contributed by atoms with Gasteiger partial charge < -0.3 is 15.4 Å². The number of amides is 1. The van der Waals surface area contributed by atoms with Crippen molar-refractivity contribution in [2.45, 2.75) is 31.2 Å². The van der Waals surface area contributed by atoms with Crippen molar-refractivity contribution >= 4 is 5.91 Å². The first-order valence-electron chi connectivity index (χ1n) is 8.32. The van der Waals surface area contributed by atoms with Crippen LogP contribution in [0.15, 0.2) is 36.7 Å². The minimum Gasteiger partial charge on any atom is -0.497 e. The van der Waals surface area contributed by atoms with E-state index in [1.54, 1.807) is 13.3 Å². The van der Waals surface area contributed by atoms with E-state index in [-0.39, 0.29) is 17.9 Å². The number of ether oxygens (including phenoxy) is 1. The molecule has 0 radical (unpaired) electrons. The third-order valence-electron chi connectivity index (χ3n) is 4.65. The maximum Gasteiger partial charge on any atom is 0.222 e. The van der Waals surface area contributed by atoms with E-state index in [0.717, 1.165) is 29.7 Å². The van der Waals surface area contributed by atoms with Crippen molar-refractivity contribution in [3.63, 3.8) is 0 Å². The first-order valence-corrected chi connectivity index (χ1v) is 8.32. The van der Waals surface area contributed by atoms with Gasteiger partial charge in [0.25, 0.3) is 0 Å². The van der Waals surface area contributed by atoms with Crippen LogP contribution in [0.3, 0.4) is 0 Å². The molecular weight excluding hydrogens is 304 g/mol. The number of aromatic nitrogens is 2. The molecule has 3 N–H and O–H groups in total. The minimum atomic E-state index is -0.0325. The number of nitrogens with zero attached hydrogens (tertiary/aromatic N) is 2. The molecule has 1 aliphatic rings. The smallest absolute Gasteiger partial charge is 0.222 e. The van der Waals surface area contributed by atoms with E-state index >= 15 is 0 Å². The molecule has 2 heterocycles. The van der Waals surface area contributed by atoms with Crippen molar-refractivity contribution in [2.24, 2.45) is 5.73 Å². The molecule has 1 aromatic heterocycles. The zero-order valence-electron chi connectivity index (χ0n) is 13.9. The number of methoxy groups -OCH3 is 1. The molecule has 0 saturated carbocycles. The van der Waals surface area contributed by atoms with E-state index < -0.39 is 0 Å². The van der Waals surface area contributed by atoms with Crippen LogP contribution >= 0.6 is 0 Å². The average Bonchev–Trinajstić information content (AvgIpc) is 3.24. The molecule has 1 fully saturated rings. The van der Waals surface area contributed by atoms with Crippen LogP contribution in [0.2, 0.25) is 0 Å². The largest absolute Gasteiger partial charge is 0.497 e. The van der Waals surface area contributed by atoms with Crippen LogP contribution in [0.25, 0.3) is 0 Å². The Bertz CT molecular complexity index is 671. The average molecular weight is 328 g/mol. The maximum absolute atomic E-state index is 12.4. The zero-order valence-corrected chi connectivity index (χ0v) is 13.9. The first kappa shape index (κ1) is 16.5. The van der Waals surface area contributed by atoms with Gasteiger partial charge in [-0.05, 0) is 36.1 Å². The molecule has 0 bridgehead atoms. The SMILES string of the molecule is COc1cccc([C@@H]2CN(C(=O)CCCc3cn[nH]c3)C[C@H]2N)c1. The Morgan fingerprint density at radius 1 is 1.46 bits per heavy atom. The number of hydrogen-bond acceptors (Lipinski definition) is 4. The molecule has 6 nitrogen and oxygen atoms in total. The summed E-state index contributed by atoms with van der Waals surface area (Å²) in [6.07, 6.45) is 5.90. The molecule has 1 aromatic carbocycles. The number of H-pyrrole nitrogens is 1. The lowest BCUT2D eigenvalue weighted by Crippen LogP contribution is -2.32. The van der Waals surface area contributed by atoms with E-state index in [4.69, 9.17) is 10.5 Å². The lowest BCUT2D eigenvalue weighted by molar-refractivity contribution is -0.130. The summed E-state index contributed by atoms with van der Waals surface area (Å²) < 4.78 is 5.28. The predicted molar refractivity (Wildman–Crippen MR) is 91.8 cm³/mol. The molecule has 24 heavy (non-hydrogen) atoms. The van der Waals surface area contributed by atoms with Gasteiger partial charge in [0.05, 0.1) is 13.3 Å². The number of nitrogens with one attached hydrogen (secondary N) is 1. The second-order valence-electron chi connectivity index (χ2n) is 6.31. The van der Waals surface area contributed by atoms with Crippen LogP contribution in [0, 0.1) is 0 Å². The third-order valence-corrected chi connectivity index (χ3v) is 4.65. The van der Waals surface area contributed by atoms with Crippen molar-refractivity contribution in [3.05, 3.63) is 47.8 Å². The predicted octanol–water partition coefficient (Wildman–Crippen LogP) is 1.69. The first-order chi connectivity index (χ1) is 11.7. The van der Waals surface area contributed by atoms with Crippen LogP contribution in [0.5, 0.6) is 5.75 Å². The van der Waals surface area contributed by atoms with Crippen LogP contribution in [0.4, 0.5) is 0 Å². The van der Waals surface area contributed by atoms with Gasteiger partial charge in [-0.15, -0.1) is 0 Å². The third kappa shape index (κ3) is 3.76. The fourth-order valence-electron chi connectivity index (χ4n) is 3.27. The zero-order chi connectivity index (χ0) is 16.9. The summed E-state index contributed by atoms with van der Waals surface area (Å²) in [4.78, 5) is 14.3. The molecule has 0 unspecified atom stereocenters. The number of rotatable bonds is 6. The van der Waals surface area contributed by atoms with Gasteiger partial charge in [-0.1, -0.05) is 12.1 Å². The Labute approximate surface area is 142 Å². The Morgan fingerprint density at radius 3 is 3.08 bits per heavy atom. The Balaban J connectivity index is 1.55. The number of hydrogen-bond donors (Lipinski definition) is 2. The van der Waals surface area contributed by atoms with Gasteiger partial charge in [-0.2, -0.15) is 5.10 Å². The Kier molecular flexibility index (Phi) is 5.15. The van der Waals surface area contributed by atoms with Crippen molar-refractivity contribution in [2.75, 3.05) is 20.2 Å². The van der Waals surface area contributed by atoms with Crippen molar-refractivity contribution in [3.8, 4) is 5.75 Å². The normalized spacial score (nSPS) is 20.3. The summed E-state index contributed by atoms with van der Waals surface area (Å²) in [6, 6.07) is 7.92. The number of aryl methyl sites for hydroxylation is 1. The number of likely N-dealkylation sites (tertiary alicyclic amines) is 1. The molecule has 2 aromatic rings. The molecule has 1 aliphatic heterocycles. The Hall–Kier alpha value is -2.34. The molecule has 2 atom stereocenters. The van der Waals surface area contributed by atoms with E-state index in [9.17, 15) is 4.79 Å². The topological polar surface area (TPSA) is 84.2 Å². The maximum atomic E-state index is 12.4. The van der Waals surface area contributed by atoms with Crippen LogP contribution in [0.1, 0.15) is 29.9 Å². The van der Waals surface area contributed by atoms with Crippen LogP contribution < -0.4 is 10.5 Å². The minimum absolute atomic E-state index is 0.0325. The second kappa shape index (κ2) is 7.49. The van der Waals surface area contributed by atoms with Gasteiger partial charge >= 0.3 is 0 Å². The van der Waals surface area contributed by atoms with E-state index in [1.165, 1.54) is 0 Å². The number of benzene rings is 1. The van der Waals surface area contributed by atoms with Gasteiger partial charge in [-0.3, -0.25) is 9.89 Å². The van der Waals surface area contributed by atoms with E-state index in [2.05, 4.69) is 16.3 Å². The fourth-order valence-corrected chi connectivity index (χ4v) is 3.27. The van der Waals surface area contributed by atoms with Crippen molar-refractivity contribution in [1.29, 1.82) is 0 Å². The Morgan fingerprint density at radius 2 is 2.33 bits per heavy atom. The number of nitrogens with two attached hydrogens (primary N) is 1. The molecule has 6 heteroatoms.